The van der Waals surface area contributed by atoms with Crippen molar-refractivity contribution in [3.05, 3.63) is 65.7 Å². The minimum absolute atomic E-state index is 0.0874. The van der Waals surface area contributed by atoms with Gasteiger partial charge >= 0.3 is 0 Å². The summed E-state index contributed by atoms with van der Waals surface area (Å²) >= 11 is 0. The van der Waals surface area contributed by atoms with Crippen LogP contribution < -0.4 is 10.2 Å². The highest BCUT2D eigenvalue weighted by Crippen LogP contribution is 2.18. The number of amides is 1. The van der Waals surface area contributed by atoms with Crippen LogP contribution in [0.4, 0.5) is 5.69 Å². The van der Waals surface area contributed by atoms with Crippen LogP contribution >= 0.6 is 0 Å². The normalized spacial score (nSPS) is 15.5. The molecule has 0 radical (unpaired) electrons. The lowest BCUT2D eigenvalue weighted by atomic mass is 9.98. The van der Waals surface area contributed by atoms with Gasteiger partial charge in [-0.2, -0.15) is 0 Å². The third-order valence-corrected chi connectivity index (χ3v) is 4.95. The van der Waals surface area contributed by atoms with E-state index >= 15 is 0 Å². The highest BCUT2D eigenvalue weighted by molar-refractivity contribution is 5.78. The molecule has 26 heavy (non-hydrogen) atoms. The first-order chi connectivity index (χ1) is 12.7. The Hall–Kier alpha value is -2.33. The molecule has 1 fully saturated rings. The number of ether oxygens (including phenoxy) is 1. The largest absolute Gasteiger partial charge is 0.378 e. The molecule has 4 heteroatoms. The average Bonchev–Trinajstić information content (AvgIpc) is 2.70. The van der Waals surface area contributed by atoms with Crippen molar-refractivity contribution in [1.29, 1.82) is 0 Å². The number of hydrogen-bond acceptors (Lipinski definition) is 3. The van der Waals surface area contributed by atoms with Gasteiger partial charge in [0.05, 0.1) is 19.6 Å². The van der Waals surface area contributed by atoms with Gasteiger partial charge in [0.1, 0.15) is 0 Å². The van der Waals surface area contributed by atoms with Crippen LogP contribution in [0.1, 0.15) is 30.4 Å². The van der Waals surface area contributed by atoms with Gasteiger partial charge in [-0.05, 0) is 35.6 Å². The molecule has 0 bridgehead atoms. The molecule has 2 aromatic rings. The van der Waals surface area contributed by atoms with Crippen molar-refractivity contribution in [2.75, 3.05) is 37.7 Å². The van der Waals surface area contributed by atoms with Gasteiger partial charge in [-0.1, -0.05) is 49.4 Å². The van der Waals surface area contributed by atoms with Crippen LogP contribution in [0, 0.1) is 0 Å². The second-order valence-electron chi connectivity index (χ2n) is 6.89. The van der Waals surface area contributed by atoms with Crippen LogP contribution in [0.5, 0.6) is 0 Å². The van der Waals surface area contributed by atoms with Gasteiger partial charge in [-0.15, -0.1) is 0 Å². The molecule has 3 rings (SSSR count). The first-order valence-corrected chi connectivity index (χ1v) is 9.45. The molecular weight excluding hydrogens is 324 g/mol. The molecule has 138 valence electrons. The molecule has 1 unspecified atom stereocenters. The zero-order chi connectivity index (χ0) is 18.2. The topological polar surface area (TPSA) is 41.6 Å². The second-order valence-corrected chi connectivity index (χ2v) is 6.89. The fraction of sp³-hybridized carbons (Fsp3) is 0.409. The molecule has 1 saturated heterocycles. The lowest BCUT2D eigenvalue weighted by Crippen LogP contribution is -2.36. The number of carbonyl (C=O) groups is 1. The Balaban J connectivity index is 1.41. The molecule has 1 N–H and O–H groups in total. The van der Waals surface area contributed by atoms with Crippen molar-refractivity contribution >= 4 is 11.6 Å². The van der Waals surface area contributed by atoms with E-state index in [1.54, 1.807) is 0 Å². The van der Waals surface area contributed by atoms with E-state index in [9.17, 15) is 4.79 Å². The molecule has 1 aliphatic rings. The fourth-order valence-corrected chi connectivity index (χ4v) is 3.27. The van der Waals surface area contributed by atoms with Gasteiger partial charge in [-0.25, -0.2) is 0 Å². The van der Waals surface area contributed by atoms with E-state index in [4.69, 9.17) is 4.74 Å². The molecule has 0 saturated carbocycles. The predicted molar refractivity (Wildman–Crippen MR) is 106 cm³/mol. The molecule has 0 aliphatic carbocycles. The maximum atomic E-state index is 12.2. The number of benzene rings is 2. The van der Waals surface area contributed by atoms with Crippen molar-refractivity contribution in [3.8, 4) is 0 Å². The van der Waals surface area contributed by atoms with E-state index in [0.29, 0.717) is 18.9 Å². The summed E-state index contributed by atoms with van der Waals surface area (Å²) in [5, 5.41) is 3.04. The first-order valence-electron chi connectivity index (χ1n) is 9.45. The van der Waals surface area contributed by atoms with Crippen LogP contribution in [0.3, 0.4) is 0 Å². The highest BCUT2D eigenvalue weighted by Gasteiger charge is 2.11. The molecule has 0 spiro atoms. The summed E-state index contributed by atoms with van der Waals surface area (Å²) in [6.45, 7) is 6.34. The van der Waals surface area contributed by atoms with Crippen molar-refractivity contribution in [1.82, 2.24) is 5.32 Å². The molecule has 0 aromatic heterocycles. The average molecular weight is 352 g/mol. The Bertz CT molecular complexity index is 679. The Labute approximate surface area is 156 Å². The van der Waals surface area contributed by atoms with Gasteiger partial charge < -0.3 is 15.0 Å². The lowest BCUT2D eigenvalue weighted by Gasteiger charge is -2.28. The number of carbonyl (C=O) groups excluding carboxylic acids is 1. The third-order valence-electron chi connectivity index (χ3n) is 4.95. The number of morpholine rings is 1. The van der Waals surface area contributed by atoms with Gasteiger partial charge in [0, 0.05) is 25.3 Å². The van der Waals surface area contributed by atoms with E-state index in [1.165, 1.54) is 11.3 Å². The van der Waals surface area contributed by atoms with Crippen LogP contribution in [0.2, 0.25) is 0 Å². The van der Waals surface area contributed by atoms with E-state index in [-0.39, 0.29) is 5.91 Å². The maximum Gasteiger partial charge on any atom is 0.224 e. The standard InChI is InChI=1S/C22H28N2O2/c1-18(20-5-3-2-4-6-20)11-12-23-22(25)17-19-7-9-21(10-8-19)24-13-15-26-16-14-24/h2-10,18H,11-17H2,1H3,(H,23,25). The van der Waals surface area contributed by atoms with Crippen LogP contribution in [-0.2, 0) is 16.0 Å². The molecule has 1 aliphatic heterocycles. The van der Waals surface area contributed by atoms with Gasteiger partial charge in [0.15, 0.2) is 0 Å². The summed E-state index contributed by atoms with van der Waals surface area (Å²) < 4.78 is 5.39. The van der Waals surface area contributed by atoms with Crippen molar-refractivity contribution in [2.24, 2.45) is 0 Å². The highest BCUT2D eigenvalue weighted by atomic mass is 16.5. The van der Waals surface area contributed by atoms with Gasteiger partial charge in [0.25, 0.3) is 0 Å². The van der Waals surface area contributed by atoms with Crippen LogP contribution in [0.15, 0.2) is 54.6 Å². The summed E-state index contributed by atoms with van der Waals surface area (Å²) in [6, 6.07) is 18.7. The van der Waals surface area contributed by atoms with Crippen molar-refractivity contribution in [2.45, 2.75) is 25.7 Å². The predicted octanol–water partition coefficient (Wildman–Crippen LogP) is 3.38. The van der Waals surface area contributed by atoms with E-state index in [2.05, 4.69) is 65.7 Å². The molecule has 2 aromatic carbocycles. The van der Waals surface area contributed by atoms with E-state index < -0.39 is 0 Å². The zero-order valence-electron chi connectivity index (χ0n) is 15.5. The molecule has 1 amide bonds. The van der Waals surface area contributed by atoms with Crippen LogP contribution in [-0.4, -0.2) is 38.8 Å². The SMILES string of the molecule is CC(CCNC(=O)Cc1ccc(N2CCOCC2)cc1)c1ccccc1. The Kier molecular flexibility index (Phi) is 6.67. The van der Waals surface area contributed by atoms with Crippen molar-refractivity contribution in [3.63, 3.8) is 0 Å². The Morgan fingerprint density at radius 2 is 1.77 bits per heavy atom. The van der Waals surface area contributed by atoms with Crippen LogP contribution in [0.25, 0.3) is 0 Å². The molecular formula is C22H28N2O2. The molecule has 1 atom stereocenters. The Morgan fingerprint density at radius 1 is 1.08 bits per heavy atom. The Morgan fingerprint density at radius 3 is 2.46 bits per heavy atom. The maximum absolute atomic E-state index is 12.2. The van der Waals surface area contributed by atoms with Gasteiger partial charge in [0.2, 0.25) is 5.91 Å². The fourth-order valence-electron chi connectivity index (χ4n) is 3.27. The summed E-state index contributed by atoms with van der Waals surface area (Å²) in [5.41, 5.74) is 3.57. The third kappa shape index (κ3) is 5.33. The number of nitrogens with zero attached hydrogens (tertiary/aromatic N) is 1. The molecule has 1 heterocycles. The van der Waals surface area contributed by atoms with E-state index in [1.807, 2.05) is 6.07 Å². The minimum Gasteiger partial charge on any atom is -0.378 e. The number of anilines is 1. The summed E-state index contributed by atoms with van der Waals surface area (Å²) in [7, 11) is 0. The second kappa shape index (κ2) is 9.39. The zero-order valence-corrected chi connectivity index (χ0v) is 15.5. The smallest absolute Gasteiger partial charge is 0.224 e. The van der Waals surface area contributed by atoms with Gasteiger partial charge in [-0.3, -0.25) is 4.79 Å². The number of nitrogens with one attached hydrogen (secondary N) is 1. The number of rotatable bonds is 7. The number of hydrogen-bond donors (Lipinski definition) is 1. The van der Waals surface area contributed by atoms with Crippen molar-refractivity contribution < 1.29 is 9.53 Å². The molecule has 4 nitrogen and oxygen atoms in total. The van der Waals surface area contributed by atoms with E-state index in [0.717, 1.165) is 38.3 Å². The lowest BCUT2D eigenvalue weighted by molar-refractivity contribution is -0.120. The summed E-state index contributed by atoms with van der Waals surface area (Å²) in [6.07, 6.45) is 1.38. The quantitative estimate of drug-likeness (QED) is 0.831. The monoisotopic (exact) mass is 352 g/mol. The summed E-state index contributed by atoms with van der Waals surface area (Å²) in [4.78, 5) is 14.5. The first kappa shape index (κ1) is 18.5. The minimum atomic E-state index is 0.0874. The summed E-state index contributed by atoms with van der Waals surface area (Å²) in [5.74, 6) is 0.536.